The summed E-state index contributed by atoms with van der Waals surface area (Å²) in [6.07, 6.45) is 3.60. The number of aryl methyl sites for hydroxylation is 1. The van der Waals surface area contributed by atoms with Gasteiger partial charge in [-0.15, -0.1) is 0 Å². The lowest BCUT2D eigenvalue weighted by Crippen LogP contribution is -2.06. The van der Waals surface area contributed by atoms with Gasteiger partial charge in [0, 0.05) is 0 Å². The van der Waals surface area contributed by atoms with E-state index in [0.717, 1.165) is 18.8 Å². The molecule has 0 radical (unpaired) electrons. The molecule has 1 heteroatoms. The smallest absolute Gasteiger partial charge is 0.122 e. The molecule has 1 aromatic rings. The molecule has 92 valence electrons. The summed E-state index contributed by atoms with van der Waals surface area (Å²) in [5.74, 6) is 1.66. The Bertz CT molecular complexity index is 279. The molecule has 0 atom stereocenters. The molecule has 0 saturated heterocycles. The van der Waals surface area contributed by atoms with Gasteiger partial charge in [-0.05, 0) is 30.4 Å². The van der Waals surface area contributed by atoms with E-state index in [0.29, 0.717) is 5.92 Å². The minimum absolute atomic E-state index is 0. The van der Waals surface area contributed by atoms with Crippen molar-refractivity contribution in [2.45, 2.75) is 47.5 Å². The highest BCUT2D eigenvalue weighted by Crippen LogP contribution is 2.20. The maximum atomic E-state index is 5.80. The van der Waals surface area contributed by atoms with Crippen LogP contribution in [0.25, 0.3) is 0 Å². The van der Waals surface area contributed by atoms with Crippen molar-refractivity contribution in [2.24, 2.45) is 5.92 Å². The van der Waals surface area contributed by atoms with E-state index in [1.165, 1.54) is 18.4 Å². The molecule has 0 amide bonds. The fourth-order valence-corrected chi connectivity index (χ4v) is 1.47. The molecule has 16 heavy (non-hydrogen) atoms. The monoisotopic (exact) mass is 222 g/mol. The highest BCUT2D eigenvalue weighted by Gasteiger charge is 2.03. The Hall–Kier alpha value is -0.980. The summed E-state index contributed by atoms with van der Waals surface area (Å²) in [6, 6.07) is 8.39. The second-order valence-electron chi connectivity index (χ2n) is 4.42. The Morgan fingerprint density at radius 3 is 2.50 bits per heavy atom. The van der Waals surface area contributed by atoms with E-state index in [1.807, 2.05) is 6.07 Å². The molecule has 0 aliphatic carbocycles. The minimum Gasteiger partial charge on any atom is -0.493 e. The topological polar surface area (TPSA) is 9.23 Å². The number of ether oxygens (including phenoxy) is 1. The molecule has 0 bridgehead atoms. The van der Waals surface area contributed by atoms with E-state index in [2.05, 4.69) is 39.0 Å². The molecule has 0 unspecified atom stereocenters. The average Bonchev–Trinajstić information content (AvgIpc) is 2.24. The van der Waals surface area contributed by atoms with Crippen molar-refractivity contribution in [2.75, 3.05) is 6.61 Å². The normalized spacial score (nSPS) is 10.0. The Morgan fingerprint density at radius 2 is 1.88 bits per heavy atom. The average molecular weight is 222 g/mol. The van der Waals surface area contributed by atoms with Crippen molar-refractivity contribution in [3.8, 4) is 5.75 Å². The number of benzene rings is 1. The zero-order valence-corrected chi connectivity index (χ0v) is 10.1. The molecule has 0 aliphatic heterocycles. The lowest BCUT2D eigenvalue weighted by Gasteiger charge is -2.12. The minimum atomic E-state index is 0. The first kappa shape index (κ1) is 15.0. The molecule has 1 aromatic carbocycles. The van der Waals surface area contributed by atoms with Crippen LogP contribution in [-0.2, 0) is 6.42 Å². The lowest BCUT2D eigenvalue weighted by atomic mass is 10.1. The molecular formula is C15H26O. The SMILES string of the molecule is C.CCCCc1ccccc1OCC(C)C. The van der Waals surface area contributed by atoms with Crippen molar-refractivity contribution in [3.63, 3.8) is 0 Å². The van der Waals surface area contributed by atoms with E-state index in [4.69, 9.17) is 4.74 Å². The summed E-state index contributed by atoms with van der Waals surface area (Å²) in [4.78, 5) is 0. The zero-order valence-electron chi connectivity index (χ0n) is 10.1. The Kier molecular flexibility index (Phi) is 7.70. The molecular weight excluding hydrogens is 196 g/mol. The number of para-hydroxylation sites is 1. The fourth-order valence-electron chi connectivity index (χ4n) is 1.47. The molecule has 0 N–H and O–H groups in total. The highest BCUT2D eigenvalue weighted by atomic mass is 16.5. The number of hydrogen-bond acceptors (Lipinski definition) is 1. The molecule has 0 saturated carbocycles. The maximum absolute atomic E-state index is 5.80. The highest BCUT2D eigenvalue weighted by molar-refractivity contribution is 5.33. The molecule has 0 aliphatic rings. The van der Waals surface area contributed by atoms with Crippen LogP contribution in [0.15, 0.2) is 24.3 Å². The van der Waals surface area contributed by atoms with Crippen LogP contribution in [0.2, 0.25) is 0 Å². The van der Waals surface area contributed by atoms with Crippen molar-refractivity contribution in [3.05, 3.63) is 29.8 Å². The van der Waals surface area contributed by atoms with Gasteiger partial charge in [-0.1, -0.05) is 52.8 Å². The lowest BCUT2D eigenvalue weighted by molar-refractivity contribution is 0.268. The molecule has 0 aromatic heterocycles. The number of unbranched alkanes of at least 4 members (excludes halogenated alkanes) is 1. The van der Waals surface area contributed by atoms with E-state index in [1.54, 1.807) is 0 Å². The summed E-state index contributed by atoms with van der Waals surface area (Å²) in [6.45, 7) is 7.38. The summed E-state index contributed by atoms with van der Waals surface area (Å²) < 4.78 is 5.80. The van der Waals surface area contributed by atoms with Crippen LogP contribution < -0.4 is 4.74 Å². The van der Waals surface area contributed by atoms with Crippen LogP contribution >= 0.6 is 0 Å². The molecule has 1 nitrogen and oxygen atoms in total. The summed E-state index contributed by atoms with van der Waals surface area (Å²) >= 11 is 0. The van der Waals surface area contributed by atoms with E-state index >= 15 is 0 Å². The fraction of sp³-hybridized carbons (Fsp3) is 0.600. The van der Waals surface area contributed by atoms with Gasteiger partial charge in [-0.25, -0.2) is 0 Å². The zero-order chi connectivity index (χ0) is 11.1. The predicted octanol–water partition coefficient (Wildman–Crippen LogP) is 4.70. The first-order valence-electron chi connectivity index (χ1n) is 5.94. The van der Waals surface area contributed by atoms with Gasteiger partial charge < -0.3 is 4.74 Å². The van der Waals surface area contributed by atoms with Gasteiger partial charge in [0.2, 0.25) is 0 Å². The number of hydrogen-bond donors (Lipinski definition) is 0. The third kappa shape index (κ3) is 5.20. The maximum Gasteiger partial charge on any atom is 0.122 e. The summed E-state index contributed by atoms with van der Waals surface area (Å²) in [7, 11) is 0. The van der Waals surface area contributed by atoms with Crippen molar-refractivity contribution >= 4 is 0 Å². The largest absolute Gasteiger partial charge is 0.493 e. The summed E-state index contributed by atoms with van der Waals surface area (Å²) in [5.41, 5.74) is 1.35. The second-order valence-corrected chi connectivity index (χ2v) is 4.42. The third-order valence-corrected chi connectivity index (χ3v) is 2.34. The van der Waals surface area contributed by atoms with Crippen LogP contribution in [0.1, 0.15) is 46.6 Å². The standard InChI is InChI=1S/C14H22O.CH4/c1-4-5-8-13-9-6-7-10-14(13)15-11-12(2)3;/h6-7,9-10,12H,4-5,8,11H2,1-3H3;1H4. The van der Waals surface area contributed by atoms with Crippen LogP contribution in [0, 0.1) is 5.92 Å². The van der Waals surface area contributed by atoms with Crippen LogP contribution in [-0.4, -0.2) is 6.61 Å². The molecule has 0 spiro atoms. The Morgan fingerprint density at radius 1 is 1.19 bits per heavy atom. The second kappa shape index (κ2) is 8.20. The van der Waals surface area contributed by atoms with E-state index in [-0.39, 0.29) is 7.43 Å². The van der Waals surface area contributed by atoms with Gasteiger partial charge in [-0.2, -0.15) is 0 Å². The first-order chi connectivity index (χ1) is 7.24. The van der Waals surface area contributed by atoms with Gasteiger partial charge in [0.25, 0.3) is 0 Å². The van der Waals surface area contributed by atoms with Gasteiger partial charge in [-0.3, -0.25) is 0 Å². The molecule has 1 rings (SSSR count). The van der Waals surface area contributed by atoms with E-state index in [9.17, 15) is 0 Å². The van der Waals surface area contributed by atoms with Crippen LogP contribution in [0.5, 0.6) is 5.75 Å². The van der Waals surface area contributed by atoms with Gasteiger partial charge in [0.15, 0.2) is 0 Å². The Balaban J connectivity index is 0.00000225. The van der Waals surface area contributed by atoms with E-state index < -0.39 is 0 Å². The van der Waals surface area contributed by atoms with Gasteiger partial charge >= 0.3 is 0 Å². The van der Waals surface area contributed by atoms with Gasteiger partial charge in [0.05, 0.1) is 6.61 Å². The first-order valence-corrected chi connectivity index (χ1v) is 5.94. The summed E-state index contributed by atoms with van der Waals surface area (Å²) in [5, 5.41) is 0. The van der Waals surface area contributed by atoms with Crippen LogP contribution in [0.3, 0.4) is 0 Å². The van der Waals surface area contributed by atoms with Crippen molar-refractivity contribution in [1.29, 1.82) is 0 Å². The van der Waals surface area contributed by atoms with Crippen LogP contribution in [0.4, 0.5) is 0 Å². The van der Waals surface area contributed by atoms with Gasteiger partial charge in [0.1, 0.15) is 5.75 Å². The third-order valence-electron chi connectivity index (χ3n) is 2.34. The predicted molar refractivity (Wildman–Crippen MR) is 72.1 cm³/mol. The van der Waals surface area contributed by atoms with Crippen molar-refractivity contribution < 1.29 is 4.74 Å². The number of rotatable bonds is 6. The molecule has 0 heterocycles. The molecule has 0 fully saturated rings. The van der Waals surface area contributed by atoms with Crippen molar-refractivity contribution in [1.82, 2.24) is 0 Å². The Labute approximate surface area is 101 Å². The quantitative estimate of drug-likeness (QED) is 0.678.